The first kappa shape index (κ1) is 29.3. The molecule has 5 rings (SSSR count). The Kier molecular flexibility index (Phi) is 9.12. The second-order valence-corrected chi connectivity index (χ2v) is 12.1. The summed E-state index contributed by atoms with van der Waals surface area (Å²) in [7, 11) is 0. The maximum Gasteiger partial charge on any atom is 0.163 e. The molecule has 4 aromatic rings. The van der Waals surface area contributed by atoms with Crippen molar-refractivity contribution < 1.29 is 9.47 Å². The van der Waals surface area contributed by atoms with E-state index in [1.54, 1.807) is 0 Å². The van der Waals surface area contributed by atoms with E-state index < -0.39 is 16.6 Å². The molecular weight excluding hydrogens is 500 g/mol. The van der Waals surface area contributed by atoms with Gasteiger partial charge in [-0.25, -0.2) is 0 Å². The Labute approximate surface area is 247 Å². The summed E-state index contributed by atoms with van der Waals surface area (Å²) in [5, 5.41) is 0. The summed E-state index contributed by atoms with van der Waals surface area (Å²) in [6.07, 6.45) is 5.93. The van der Waals surface area contributed by atoms with E-state index in [0.29, 0.717) is 0 Å². The van der Waals surface area contributed by atoms with Gasteiger partial charge >= 0.3 is 0 Å². The fraction of sp³-hybridized carbons (Fsp3) is 0.385. The van der Waals surface area contributed by atoms with Gasteiger partial charge in [0.25, 0.3) is 0 Å². The molecule has 0 bridgehead atoms. The summed E-state index contributed by atoms with van der Waals surface area (Å²) in [4.78, 5) is 0. The van der Waals surface area contributed by atoms with Crippen molar-refractivity contribution in [2.45, 2.75) is 95.0 Å². The molecule has 1 saturated heterocycles. The van der Waals surface area contributed by atoms with Gasteiger partial charge in [0.1, 0.15) is 12.2 Å². The minimum atomic E-state index is -0.739. The van der Waals surface area contributed by atoms with Crippen LogP contribution in [-0.4, -0.2) is 18.0 Å². The third-order valence-corrected chi connectivity index (χ3v) is 9.07. The van der Waals surface area contributed by atoms with Crippen molar-refractivity contribution in [1.82, 2.24) is 0 Å². The van der Waals surface area contributed by atoms with Gasteiger partial charge in [-0.15, -0.1) is 0 Å². The van der Waals surface area contributed by atoms with E-state index in [9.17, 15) is 0 Å². The van der Waals surface area contributed by atoms with Crippen LogP contribution in [0.15, 0.2) is 121 Å². The van der Waals surface area contributed by atoms with Crippen LogP contribution < -0.4 is 0 Å². The van der Waals surface area contributed by atoms with Crippen molar-refractivity contribution in [3.8, 4) is 0 Å². The lowest BCUT2D eigenvalue weighted by Crippen LogP contribution is -2.55. The van der Waals surface area contributed by atoms with E-state index in [2.05, 4.69) is 149 Å². The summed E-state index contributed by atoms with van der Waals surface area (Å²) < 4.78 is 14.5. The highest BCUT2D eigenvalue weighted by Crippen LogP contribution is 2.55. The third kappa shape index (κ3) is 5.65. The molecule has 0 aliphatic carbocycles. The van der Waals surface area contributed by atoms with Gasteiger partial charge in [-0.2, -0.15) is 0 Å². The van der Waals surface area contributed by atoms with Crippen molar-refractivity contribution in [1.29, 1.82) is 0 Å². The van der Waals surface area contributed by atoms with Crippen LogP contribution in [0.3, 0.4) is 0 Å². The van der Waals surface area contributed by atoms with Crippen LogP contribution in [0.5, 0.6) is 0 Å². The van der Waals surface area contributed by atoms with Gasteiger partial charge in [-0.05, 0) is 48.9 Å². The first-order chi connectivity index (χ1) is 20.0. The first-order valence-electron chi connectivity index (χ1n) is 15.6. The standard InChI is InChI=1S/C39H46O2/c1-5-7-29-38(31-21-13-9-14-22-31,32-23-15-10-16-24-32)35-36(41-37(3,4)40-35)39(30-8-6-2,33-25-17-11-18-26-33)34-27-19-12-20-28-34/h9-28,35-36H,5-8,29-30H2,1-4H3/t35-,36-/m1/s1. The number of benzene rings is 4. The molecule has 0 N–H and O–H groups in total. The van der Waals surface area contributed by atoms with E-state index in [4.69, 9.17) is 9.47 Å². The number of hydrogen-bond acceptors (Lipinski definition) is 2. The predicted molar refractivity (Wildman–Crippen MR) is 170 cm³/mol. The first-order valence-corrected chi connectivity index (χ1v) is 15.6. The Morgan fingerprint density at radius 3 is 1.00 bits per heavy atom. The van der Waals surface area contributed by atoms with Crippen molar-refractivity contribution in [2.24, 2.45) is 0 Å². The van der Waals surface area contributed by atoms with Gasteiger partial charge in [-0.1, -0.05) is 161 Å². The lowest BCUT2D eigenvalue weighted by Gasteiger charge is -2.48. The van der Waals surface area contributed by atoms with Crippen LogP contribution in [0.2, 0.25) is 0 Å². The second-order valence-electron chi connectivity index (χ2n) is 12.1. The van der Waals surface area contributed by atoms with Crippen LogP contribution in [0.1, 0.15) is 88.5 Å². The lowest BCUT2D eigenvalue weighted by atomic mass is 9.58. The normalized spacial score (nSPS) is 18.8. The number of unbranched alkanes of at least 4 members (excludes halogenated alkanes) is 2. The maximum atomic E-state index is 7.24. The van der Waals surface area contributed by atoms with Gasteiger partial charge in [0.2, 0.25) is 0 Å². The second kappa shape index (κ2) is 12.8. The van der Waals surface area contributed by atoms with Crippen molar-refractivity contribution in [3.05, 3.63) is 144 Å². The Morgan fingerprint density at radius 2 is 0.756 bits per heavy atom. The molecule has 1 fully saturated rings. The molecule has 41 heavy (non-hydrogen) atoms. The zero-order valence-electron chi connectivity index (χ0n) is 25.3. The summed E-state index contributed by atoms with van der Waals surface area (Å²) in [5.74, 6) is -0.739. The molecule has 0 saturated carbocycles. The smallest absolute Gasteiger partial charge is 0.163 e. The van der Waals surface area contributed by atoms with Crippen molar-refractivity contribution >= 4 is 0 Å². The summed E-state index contributed by atoms with van der Waals surface area (Å²) >= 11 is 0. The van der Waals surface area contributed by atoms with E-state index >= 15 is 0 Å². The van der Waals surface area contributed by atoms with E-state index in [-0.39, 0.29) is 12.2 Å². The van der Waals surface area contributed by atoms with E-state index in [0.717, 1.165) is 38.5 Å². The van der Waals surface area contributed by atoms with Gasteiger partial charge < -0.3 is 9.47 Å². The topological polar surface area (TPSA) is 18.5 Å². The average Bonchev–Trinajstić information content (AvgIpc) is 3.36. The summed E-state index contributed by atoms with van der Waals surface area (Å²) in [5.41, 5.74) is 4.39. The summed E-state index contributed by atoms with van der Waals surface area (Å²) in [6, 6.07) is 44.3. The molecule has 0 spiro atoms. The lowest BCUT2D eigenvalue weighted by molar-refractivity contribution is -0.155. The maximum absolute atomic E-state index is 7.24. The molecule has 2 heteroatoms. The van der Waals surface area contributed by atoms with Crippen LogP contribution in [0.25, 0.3) is 0 Å². The molecule has 1 aliphatic rings. The average molecular weight is 547 g/mol. The molecule has 2 atom stereocenters. The minimum absolute atomic E-state index is 0.217. The largest absolute Gasteiger partial charge is 0.343 e. The molecular formula is C39H46O2. The predicted octanol–water partition coefficient (Wildman–Crippen LogP) is 9.86. The molecule has 1 heterocycles. The molecule has 2 nitrogen and oxygen atoms in total. The molecule has 0 amide bonds. The molecule has 0 aromatic heterocycles. The van der Waals surface area contributed by atoms with Gasteiger partial charge in [0.05, 0.1) is 0 Å². The van der Waals surface area contributed by atoms with Crippen molar-refractivity contribution in [3.63, 3.8) is 0 Å². The zero-order valence-corrected chi connectivity index (χ0v) is 25.3. The van der Waals surface area contributed by atoms with Crippen LogP contribution in [0, 0.1) is 0 Å². The van der Waals surface area contributed by atoms with Gasteiger partial charge in [0, 0.05) is 10.8 Å². The van der Waals surface area contributed by atoms with E-state index in [1.165, 1.54) is 22.3 Å². The monoisotopic (exact) mass is 546 g/mol. The van der Waals surface area contributed by atoms with Gasteiger partial charge in [-0.3, -0.25) is 0 Å². The third-order valence-electron chi connectivity index (χ3n) is 9.07. The fourth-order valence-corrected chi connectivity index (χ4v) is 7.19. The molecule has 4 aromatic carbocycles. The molecule has 0 radical (unpaired) electrons. The Hall–Kier alpha value is -3.20. The Balaban J connectivity index is 1.84. The molecule has 214 valence electrons. The van der Waals surface area contributed by atoms with Crippen LogP contribution in [0.4, 0.5) is 0 Å². The quantitative estimate of drug-likeness (QED) is 0.176. The number of rotatable bonds is 12. The van der Waals surface area contributed by atoms with Crippen LogP contribution >= 0.6 is 0 Å². The highest BCUT2D eigenvalue weighted by molar-refractivity contribution is 5.47. The summed E-state index contributed by atoms with van der Waals surface area (Å²) in [6.45, 7) is 8.77. The molecule has 1 aliphatic heterocycles. The highest BCUT2D eigenvalue weighted by Gasteiger charge is 2.60. The number of hydrogen-bond donors (Lipinski definition) is 0. The Bertz CT molecular complexity index is 1150. The van der Waals surface area contributed by atoms with E-state index in [1.807, 2.05) is 0 Å². The van der Waals surface area contributed by atoms with Crippen molar-refractivity contribution in [2.75, 3.05) is 0 Å². The zero-order chi connectivity index (χ0) is 28.8. The van der Waals surface area contributed by atoms with Crippen LogP contribution in [-0.2, 0) is 20.3 Å². The number of ether oxygens (including phenoxy) is 2. The minimum Gasteiger partial charge on any atom is -0.343 e. The Morgan fingerprint density at radius 1 is 0.488 bits per heavy atom. The van der Waals surface area contributed by atoms with Gasteiger partial charge in [0.15, 0.2) is 5.79 Å². The molecule has 0 unspecified atom stereocenters. The fourth-order valence-electron chi connectivity index (χ4n) is 7.19. The highest BCUT2D eigenvalue weighted by atomic mass is 16.8. The SMILES string of the molecule is CCCCC(c1ccccc1)(c1ccccc1)[C@@H]1OC(C)(C)O[C@H]1C(CCCC)(c1ccccc1)c1ccccc1.